The second-order valence-corrected chi connectivity index (χ2v) is 7.80. The summed E-state index contributed by atoms with van der Waals surface area (Å²) in [7, 11) is 0. The number of carbonyl (C=O) groups excluding carboxylic acids is 2. The van der Waals surface area contributed by atoms with Crippen LogP contribution in [0.15, 0.2) is 0 Å². The summed E-state index contributed by atoms with van der Waals surface area (Å²) in [5, 5.41) is 3.40. The van der Waals surface area contributed by atoms with Crippen LogP contribution in [-0.4, -0.2) is 60.4 Å². The second-order valence-electron chi connectivity index (χ2n) is 7.80. The summed E-state index contributed by atoms with van der Waals surface area (Å²) in [5.74, 6) is 0.164. The topological polar surface area (TPSA) is 52.6 Å². The molecule has 5 heteroatoms. The van der Waals surface area contributed by atoms with Gasteiger partial charge in [0.25, 0.3) is 0 Å². The Morgan fingerprint density at radius 1 is 1.09 bits per heavy atom. The molecule has 0 bridgehead atoms. The molecule has 1 N–H and O–H groups in total. The molecule has 1 spiro atoms. The van der Waals surface area contributed by atoms with E-state index in [1.54, 1.807) is 4.90 Å². The fraction of sp³-hybridized carbons (Fsp3) is 0.889. The molecule has 0 radical (unpaired) electrons. The average molecular weight is 321 g/mol. The van der Waals surface area contributed by atoms with Crippen LogP contribution in [0.2, 0.25) is 0 Å². The Balaban J connectivity index is 1.41. The van der Waals surface area contributed by atoms with Gasteiger partial charge in [0, 0.05) is 45.1 Å². The van der Waals surface area contributed by atoms with Gasteiger partial charge in [0.15, 0.2) is 0 Å². The van der Waals surface area contributed by atoms with Crippen LogP contribution in [0.25, 0.3) is 0 Å². The van der Waals surface area contributed by atoms with Crippen molar-refractivity contribution in [3.05, 3.63) is 0 Å². The SMILES string of the molecule is CC1CNCCN1CCCCN1C(=O)CC2(CCCC2)CC1=O. The van der Waals surface area contributed by atoms with Crippen LogP contribution < -0.4 is 5.32 Å². The van der Waals surface area contributed by atoms with Crippen molar-refractivity contribution in [1.82, 2.24) is 15.1 Å². The van der Waals surface area contributed by atoms with Crippen molar-refractivity contribution in [3.63, 3.8) is 0 Å². The van der Waals surface area contributed by atoms with E-state index >= 15 is 0 Å². The van der Waals surface area contributed by atoms with Crippen molar-refractivity contribution >= 4 is 11.8 Å². The third-order valence-electron chi connectivity index (χ3n) is 6.03. The number of imide groups is 1. The lowest BCUT2D eigenvalue weighted by Crippen LogP contribution is -2.50. The molecule has 2 aliphatic heterocycles. The summed E-state index contributed by atoms with van der Waals surface area (Å²) in [5.41, 5.74) is 0.0287. The Morgan fingerprint density at radius 3 is 2.39 bits per heavy atom. The van der Waals surface area contributed by atoms with E-state index in [1.165, 1.54) is 12.8 Å². The molecule has 1 aliphatic carbocycles. The summed E-state index contributed by atoms with van der Waals surface area (Å²) in [6.07, 6.45) is 7.71. The lowest BCUT2D eigenvalue weighted by atomic mass is 9.76. The summed E-state index contributed by atoms with van der Waals surface area (Å²) in [6.45, 7) is 7.17. The highest BCUT2D eigenvalue weighted by atomic mass is 16.2. The first kappa shape index (κ1) is 16.9. The van der Waals surface area contributed by atoms with Crippen molar-refractivity contribution in [2.45, 2.75) is 64.3 Å². The average Bonchev–Trinajstić information content (AvgIpc) is 2.95. The molecule has 0 aromatic carbocycles. The predicted molar refractivity (Wildman–Crippen MR) is 90.0 cm³/mol. The maximum Gasteiger partial charge on any atom is 0.229 e. The number of likely N-dealkylation sites (tertiary alicyclic amines) is 1. The van der Waals surface area contributed by atoms with Gasteiger partial charge in [0.05, 0.1) is 0 Å². The minimum Gasteiger partial charge on any atom is -0.314 e. The molecule has 23 heavy (non-hydrogen) atoms. The van der Waals surface area contributed by atoms with Crippen LogP contribution in [0.1, 0.15) is 58.3 Å². The van der Waals surface area contributed by atoms with E-state index in [0.717, 1.165) is 51.9 Å². The first-order valence-electron chi connectivity index (χ1n) is 9.38. The molecule has 0 aromatic rings. The normalized spacial score (nSPS) is 28.7. The van der Waals surface area contributed by atoms with Gasteiger partial charge in [0.2, 0.25) is 11.8 Å². The number of unbranched alkanes of at least 4 members (excludes halogenated alkanes) is 1. The number of nitrogens with one attached hydrogen (secondary N) is 1. The van der Waals surface area contributed by atoms with Crippen LogP contribution in [-0.2, 0) is 9.59 Å². The standard InChI is InChI=1S/C18H31N3O2/c1-15-14-19-8-11-20(15)9-4-5-10-21-16(22)12-18(13-17(21)23)6-2-3-7-18/h15,19H,2-14H2,1H3. The van der Waals surface area contributed by atoms with Gasteiger partial charge in [-0.3, -0.25) is 19.4 Å². The molecule has 2 heterocycles. The minimum absolute atomic E-state index is 0.0287. The van der Waals surface area contributed by atoms with E-state index < -0.39 is 0 Å². The molecule has 130 valence electrons. The second kappa shape index (κ2) is 7.31. The van der Waals surface area contributed by atoms with Crippen LogP contribution >= 0.6 is 0 Å². The van der Waals surface area contributed by atoms with Gasteiger partial charge in [-0.1, -0.05) is 12.8 Å². The van der Waals surface area contributed by atoms with Crippen molar-refractivity contribution in [3.8, 4) is 0 Å². The molecule has 5 nitrogen and oxygen atoms in total. The third kappa shape index (κ3) is 3.94. The first-order valence-corrected chi connectivity index (χ1v) is 9.38. The molecule has 3 aliphatic rings. The highest BCUT2D eigenvalue weighted by Gasteiger charge is 2.44. The van der Waals surface area contributed by atoms with Crippen LogP contribution in [0, 0.1) is 5.41 Å². The predicted octanol–water partition coefficient (Wildman–Crippen LogP) is 1.77. The van der Waals surface area contributed by atoms with E-state index in [-0.39, 0.29) is 17.2 Å². The molecule has 1 atom stereocenters. The van der Waals surface area contributed by atoms with E-state index in [4.69, 9.17) is 0 Å². The number of amides is 2. The van der Waals surface area contributed by atoms with Crippen molar-refractivity contribution < 1.29 is 9.59 Å². The Hall–Kier alpha value is -0.940. The summed E-state index contributed by atoms with van der Waals surface area (Å²) in [4.78, 5) is 28.9. The summed E-state index contributed by atoms with van der Waals surface area (Å²) >= 11 is 0. The monoisotopic (exact) mass is 321 g/mol. The van der Waals surface area contributed by atoms with E-state index in [0.29, 0.717) is 25.4 Å². The number of hydrogen-bond donors (Lipinski definition) is 1. The number of hydrogen-bond acceptors (Lipinski definition) is 4. The summed E-state index contributed by atoms with van der Waals surface area (Å²) in [6, 6.07) is 0.587. The lowest BCUT2D eigenvalue weighted by Gasteiger charge is -2.37. The number of nitrogens with zero attached hydrogens (tertiary/aromatic N) is 2. The Labute approximate surface area is 139 Å². The van der Waals surface area contributed by atoms with Gasteiger partial charge in [-0.05, 0) is 44.6 Å². The maximum absolute atomic E-state index is 12.4. The van der Waals surface area contributed by atoms with Crippen LogP contribution in [0.3, 0.4) is 0 Å². The van der Waals surface area contributed by atoms with Gasteiger partial charge in [-0.15, -0.1) is 0 Å². The molecular weight excluding hydrogens is 290 g/mol. The lowest BCUT2D eigenvalue weighted by molar-refractivity contribution is -0.153. The van der Waals surface area contributed by atoms with Gasteiger partial charge in [-0.2, -0.15) is 0 Å². The van der Waals surface area contributed by atoms with Gasteiger partial charge < -0.3 is 5.32 Å². The van der Waals surface area contributed by atoms with Gasteiger partial charge in [-0.25, -0.2) is 0 Å². The van der Waals surface area contributed by atoms with Gasteiger partial charge in [0.1, 0.15) is 0 Å². The van der Waals surface area contributed by atoms with E-state index in [2.05, 4.69) is 17.1 Å². The third-order valence-corrected chi connectivity index (χ3v) is 6.03. The zero-order valence-corrected chi connectivity index (χ0v) is 14.5. The Morgan fingerprint density at radius 2 is 1.74 bits per heavy atom. The summed E-state index contributed by atoms with van der Waals surface area (Å²) < 4.78 is 0. The number of carbonyl (C=O) groups is 2. The number of piperidine rings is 1. The number of piperazine rings is 1. The molecule has 3 rings (SSSR count). The van der Waals surface area contributed by atoms with Crippen molar-refractivity contribution in [1.29, 1.82) is 0 Å². The molecule has 2 saturated heterocycles. The fourth-order valence-electron chi connectivity index (χ4n) is 4.56. The zero-order chi connectivity index (χ0) is 16.3. The molecule has 1 unspecified atom stereocenters. The smallest absolute Gasteiger partial charge is 0.229 e. The van der Waals surface area contributed by atoms with Crippen LogP contribution in [0.5, 0.6) is 0 Å². The largest absolute Gasteiger partial charge is 0.314 e. The molecule has 2 amide bonds. The van der Waals surface area contributed by atoms with E-state index in [1.807, 2.05) is 0 Å². The molecular formula is C18H31N3O2. The zero-order valence-electron chi connectivity index (χ0n) is 14.5. The van der Waals surface area contributed by atoms with Crippen molar-refractivity contribution in [2.24, 2.45) is 5.41 Å². The van der Waals surface area contributed by atoms with E-state index in [9.17, 15) is 9.59 Å². The highest BCUT2D eigenvalue weighted by molar-refractivity contribution is 5.98. The first-order chi connectivity index (χ1) is 11.1. The molecule has 3 fully saturated rings. The van der Waals surface area contributed by atoms with Crippen molar-refractivity contribution in [2.75, 3.05) is 32.7 Å². The Kier molecular flexibility index (Phi) is 5.37. The maximum atomic E-state index is 12.4. The molecule has 1 saturated carbocycles. The Bertz CT molecular complexity index is 426. The minimum atomic E-state index is 0.0287. The highest BCUT2D eigenvalue weighted by Crippen LogP contribution is 2.46. The molecule has 0 aromatic heterocycles. The van der Waals surface area contributed by atoms with Crippen LogP contribution in [0.4, 0.5) is 0 Å². The quantitative estimate of drug-likeness (QED) is 0.619. The van der Waals surface area contributed by atoms with Gasteiger partial charge >= 0.3 is 0 Å². The number of rotatable bonds is 5. The fourth-order valence-corrected chi connectivity index (χ4v) is 4.56.